The lowest BCUT2D eigenvalue weighted by atomic mass is 10.0. The molecular weight excluding hydrogens is 546 g/mol. The number of nitrogens with one attached hydrogen (secondary N) is 2. The Morgan fingerprint density at radius 1 is 0.800 bits per heavy atom. The van der Waals surface area contributed by atoms with Crippen LogP contribution in [-0.2, 0) is 19.9 Å². The molecule has 5 rings (SSSR count). The molecule has 0 aliphatic rings. The van der Waals surface area contributed by atoms with Crippen LogP contribution >= 0.6 is 0 Å². The number of benzene rings is 3. The molecule has 0 fully saturated rings. The van der Waals surface area contributed by atoms with Gasteiger partial charge in [0.25, 0.3) is 10.0 Å². The lowest BCUT2D eigenvalue weighted by molar-refractivity contribution is 0.596. The normalized spacial score (nSPS) is 11.8. The van der Waals surface area contributed by atoms with E-state index in [0.29, 0.717) is 34.0 Å². The fourth-order valence-electron chi connectivity index (χ4n) is 4.31. The van der Waals surface area contributed by atoms with Crippen molar-refractivity contribution in [3.05, 3.63) is 91.1 Å². The summed E-state index contributed by atoms with van der Waals surface area (Å²) in [5.74, 6) is 0.729. The average molecular weight is 574 g/mol. The van der Waals surface area contributed by atoms with Gasteiger partial charge in [0.15, 0.2) is 9.84 Å². The van der Waals surface area contributed by atoms with E-state index in [2.05, 4.69) is 20.0 Å². The molecule has 0 unspecified atom stereocenters. The topological polar surface area (TPSA) is 144 Å². The highest BCUT2D eigenvalue weighted by atomic mass is 32.2. The van der Waals surface area contributed by atoms with Crippen LogP contribution in [0.2, 0.25) is 0 Å². The molecule has 204 valence electrons. The minimum atomic E-state index is -3.83. The number of rotatable bonds is 8. The Bertz CT molecular complexity index is 1930. The molecule has 4 N–H and O–H groups in total. The number of fused-ring (bicyclic) bond motifs is 1. The van der Waals surface area contributed by atoms with E-state index < -0.39 is 19.9 Å². The maximum atomic E-state index is 13.0. The van der Waals surface area contributed by atoms with Gasteiger partial charge < -0.3 is 11.1 Å². The Hall–Kier alpha value is -4.48. The van der Waals surface area contributed by atoms with Gasteiger partial charge in [-0.05, 0) is 59.7 Å². The largest absolute Gasteiger partial charge is 0.383 e. The lowest BCUT2D eigenvalue weighted by Crippen LogP contribution is -2.14. The summed E-state index contributed by atoms with van der Waals surface area (Å²) in [6.07, 6.45) is 1.66. The SMILES string of the molecule is CCS(=O)(=O)c1ccc(-c2cc3cc(-c4cnc(NC)c(NS(=O)(=O)c5ccccc5)c4)ccc3nc2N)cc1. The van der Waals surface area contributed by atoms with E-state index in [9.17, 15) is 16.8 Å². The monoisotopic (exact) mass is 573 g/mol. The number of pyridine rings is 2. The van der Waals surface area contributed by atoms with Gasteiger partial charge in [0.05, 0.1) is 26.7 Å². The molecule has 0 aliphatic carbocycles. The van der Waals surface area contributed by atoms with Crippen LogP contribution in [0.25, 0.3) is 33.2 Å². The standard InChI is InChI=1S/C29H27N5O4S2/c1-3-39(35,36)23-12-9-19(10-13-23)25-16-21-15-20(11-14-26(21)33-28(25)30)22-17-27(29(31-2)32-18-22)34-40(37,38)24-7-5-4-6-8-24/h4-18,34H,3H2,1-2H3,(H2,30,33)(H,31,32). The fraction of sp³-hybridized carbons (Fsp3) is 0.103. The molecule has 0 atom stereocenters. The summed E-state index contributed by atoms with van der Waals surface area (Å²) in [7, 11) is -5.47. The van der Waals surface area contributed by atoms with Crippen LogP contribution < -0.4 is 15.8 Å². The highest BCUT2D eigenvalue weighted by Gasteiger charge is 2.18. The molecule has 0 spiro atoms. The summed E-state index contributed by atoms with van der Waals surface area (Å²) >= 11 is 0. The molecule has 0 saturated heterocycles. The Kier molecular flexibility index (Phi) is 7.17. The van der Waals surface area contributed by atoms with Gasteiger partial charge >= 0.3 is 0 Å². The molecule has 0 bridgehead atoms. The van der Waals surface area contributed by atoms with E-state index in [1.54, 1.807) is 68.7 Å². The molecule has 11 heteroatoms. The van der Waals surface area contributed by atoms with Crippen LogP contribution in [0.3, 0.4) is 0 Å². The first kappa shape index (κ1) is 27.1. The summed E-state index contributed by atoms with van der Waals surface area (Å²) in [6, 6.07) is 23.9. The highest BCUT2D eigenvalue weighted by Crippen LogP contribution is 2.33. The van der Waals surface area contributed by atoms with Crippen molar-refractivity contribution in [2.75, 3.05) is 28.6 Å². The minimum Gasteiger partial charge on any atom is -0.383 e. The molecule has 9 nitrogen and oxygen atoms in total. The third-order valence-corrected chi connectivity index (χ3v) is 9.64. The van der Waals surface area contributed by atoms with Gasteiger partial charge in [-0.3, -0.25) is 4.72 Å². The molecule has 0 amide bonds. The van der Waals surface area contributed by atoms with E-state index in [-0.39, 0.29) is 15.5 Å². The van der Waals surface area contributed by atoms with E-state index in [1.165, 1.54) is 12.1 Å². The van der Waals surface area contributed by atoms with Gasteiger partial charge in [-0.15, -0.1) is 0 Å². The second kappa shape index (κ2) is 10.6. The zero-order chi connectivity index (χ0) is 28.5. The van der Waals surface area contributed by atoms with Gasteiger partial charge in [-0.25, -0.2) is 26.8 Å². The summed E-state index contributed by atoms with van der Waals surface area (Å²) in [6.45, 7) is 1.61. The van der Waals surface area contributed by atoms with Crippen LogP contribution in [0.15, 0.2) is 101 Å². The van der Waals surface area contributed by atoms with Crippen LogP contribution in [0.4, 0.5) is 17.3 Å². The van der Waals surface area contributed by atoms with Crippen LogP contribution in [0.1, 0.15) is 6.92 Å². The number of hydrogen-bond acceptors (Lipinski definition) is 8. The van der Waals surface area contributed by atoms with Crippen molar-refractivity contribution in [3.63, 3.8) is 0 Å². The number of sulfonamides is 1. The third kappa shape index (κ3) is 5.33. The van der Waals surface area contributed by atoms with E-state index in [0.717, 1.165) is 16.5 Å². The van der Waals surface area contributed by atoms with E-state index >= 15 is 0 Å². The summed E-state index contributed by atoms with van der Waals surface area (Å²) in [5, 5.41) is 3.73. The maximum absolute atomic E-state index is 13.0. The summed E-state index contributed by atoms with van der Waals surface area (Å²) < 4.78 is 53.0. The quantitative estimate of drug-likeness (QED) is 0.230. The Morgan fingerprint density at radius 2 is 1.50 bits per heavy atom. The summed E-state index contributed by atoms with van der Waals surface area (Å²) in [4.78, 5) is 9.36. The van der Waals surface area contributed by atoms with Gasteiger partial charge in [0.1, 0.15) is 11.6 Å². The Morgan fingerprint density at radius 3 is 2.17 bits per heavy atom. The number of anilines is 3. The molecule has 0 saturated carbocycles. The number of aromatic nitrogens is 2. The van der Waals surface area contributed by atoms with Crippen LogP contribution in [0, 0.1) is 0 Å². The predicted octanol–water partition coefficient (Wildman–Crippen LogP) is 5.18. The number of hydrogen-bond donors (Lipinski definition) is 3. The number of nitrogen functional groups attached to an aromatic ring is 1. The van der Waals surface area contributed by atoms with Crippen molar-refractivity contribution >= 4 is 48.1 Å². The smallest absolute Gasteiger partial charge is 0.262 e. The van der Waals surface area contributed by atoms with Crippen LogP contribution in [0.5, 0.6) is 0 Å². The fourth-order valence-corrected chi connectivity index (χ4v) is 6.28. The van der Waals surface area contributed by atoms with Gasteiger partial charge in [0, 0.05) is 29.8 Å². The molecule has 5 aromatic rings. The Labute approximate surface area is 233 Å². The minimum absolute atomic E-state index is 0.0222. The van der Waals surface area contributed by atoms with Crippen molar-refractivity contribution in [1.82, 2.24) is 9.97 Å². The van der Waals surface area contributed by atoms with Crippen molar-refractivity contribution in [2.45, 2.75) is 16.7 Å². The van der Waals surface area contributed by atoms with E-state index in [4.69, 9.17) is 5.73 Å². The number of nitrogens with zero attached hydrogens (tertiary/aromatic N) is 2. The molecule has 2 aromatic heterocycles. The van der Waals surface area contributed by atoms with Crippen molar-refractivity contribution in [1.29, 1.82) is 0 Å². The molecule has 0 aliphatic heterocycles. The summed E-state index contributed by atoms with van der Waals surface area (Å²) in [5.41, 5.74) is 10.2. The third-order valence-electron chi connectivity index (χ3n) is 6.50. The highest BCUT2D eigenvalue weighted by molar-refractivity contribution is 7.92. The molecule has 2 heterocycles. The molecule has 0 radical (unpaired) electrons. The lowest BCUT2D eigenvalue weighted by Gasteiger charge is -2.14. The number of sulfone groups is 1. The zero-order valence-corrected chi connectivity index (χ0v) is 23.4. The van der Waals surface area contributed by atoms with Crippen LogP contribution in [-0.4, -0.2) is 39.6 Å². The maximum Gasteiger partial charge on any atom is 0.262 e. The van der Waals surface area contributed by atoms with Crippen molar-refractivity contribution < 1.29 is 16.8 Å². The zero-order valence-electron chi connectivity index (χ0n) is 21.8. The molecular formula is C29H27N5O4S2. The first-order valence-electron chi connectivity index (χ1n) is 12.4. The Balaban J connectivity index is 1.53. The van der Waals surface area contributed by atoms with Gasteiger partial charge in [-0.1, -0.05) is 43.3 Å². The second-order valence-electron chi connectivity index (χ2n) is 9.05. The van der Waals surface area contributed by atoms with E-state index in [1.807, 2.05) is 24.3 Å². The van der Waals surface area contributed by atoms with Gasteiger partial charge in [-0.2, -0.15) is 0 Å². The first-order valence-corrected chi connectivity index (χ1v) is 15.5. The molecule has 40 heavy (non-hydrogen) atoms. The average Bonchev–Trinajstić information content (AvgIpc) is 2.97. The number of nitrogens with two attached hydrogens (primary N) is 1. The van der Waals surface area contributed by atoms with Crippen molar-refractivity contribution in [3.8, 4) is 22.3 Å². The van der Waals surface area contributed by atoms with Crippen molar-refractivity contribution in [2.24, 2.45) is 0 Å². The first-order chi connectivity index (χ1) is 19.1. The van der Waals surface area contributed by atoms with Gasteiger partial charge in [0.2, 0.25) is 0 Å². The molecule has 3 aromatic carbocycles. The second-order valence-corrected chi connectivity index (χ2v) is 13.0. The predicted molar refractivity (Wildman–Crippen MR) is 159 cm³/mol.